The van der Waals surface area contributed by atoms with Crippen molar-refractivity contribution in [3.8, 4) is 40.2 Å². The van der Waals surface area contributed by atoms with Crippen molar-refractivity contribution < 1.29 is 99.1 Å². The van der Waals surface area contributed by atoms with E-state index in [1.165, 1.54) is 56.2 Å². The summed E-state index contributed by atoms with van der Waals surface area (Å²) in [5, 5.41) is 0. The van der Waals surface area contributed by atoms with E-state index >= 15 is 0 Å². The normalized spacial score (nSPS) is 17.0. The molecule has 0 amide bonds. The zero-order valence-electron chi connectivity index (χ0n) is 61.9. The Morgan fingerprint density at radius 2 is 0.709 bits per heavy atom. The van der Waals surface area contributed by atoms with E-state index in [1.807, 2.05) is 176 Å². The van der Waals surface area contributed by atoms with Gasteiger partial charge < -0.3 is 79.9 Å². The van der Waals surface area contributed by atoms with Gasteiger partial charge in [-0.15, -0.1) is 0 Å². The molecule has 6 aliphatic rings. The predicted molar refractivity (Wildman–Crippen MR) is 411 cm³/mol. The summed E-state index contributed by atoms with van der Waals surface area (Å²) in [7, 11) is 10.9. The number of ether oxygens (including phenoxy) is 15. The van der Waals surface area contributed by atoms with E-state index in [0.29, 0.717) is 71.7 Å². The monoisotopic (exact) mass is 1500 g/mol. The number of cyclic esters (lactones) is 4. The van der Waals surface area contributed by atoms with Crippen molar-refractivity contribution in [2.75, 3.05) is 63.4 Å². The number of methoxy groups -OCH3 is 7. The number of aryl methyl sites for hydroxylation is 2. The summed E-state index contributed by atoms with van der Waals surface area (Å²) in [5.74, 6) is 7.02. The zero-order chi connectivity index (χ0) is 77.8. The lowest BCUT2D eigenvalue weighted by molar-refractivity contribution is -0.146. The highest BCUT2D eigenvalue weighted by atomic mass is 16.7. The highest BCUT2D eigenvalue weighted by Crippen LogP contribution is 2.35. The topological polar surface area (TPSA) is 267 Å². The smallest absolute Gasteiger partial charge is 0.339 e. The summed E-state index contributed by atoms with van der Waals surface area (Å²) in [6.45, 7) is 0.533. The zero-order valence-corrected chi connectivity index (χ0v) is 61.9. The van der Waals surface area contributed by atoms with Crippen LogP contribution in [0.5, 0.6) is 40.2 Å². The van der Waals surface area contributed by atoms with Gasteiger partial charge in [0.25, 0.3) is 0 Å². The van der Waals surface area contributed by atoms with Crippen LogP contribution in [0.1, 0.15) is 83.4 Å². The largest absolute Gasteiger partial charge is 0.501 e. The van der Waals surface area contributed by atoms with Crippen LogP contribution >= 0.6 is 0 Å². The molecule has 0 fully saturated rings. The second-order valence-corrected chi connectivity index (χ2v) is 24.4. The van der Waals surface area contributed by atoms with Crippen molar-refractivity contribution >= 4 is 60.3 Å². The standard InChI is InChI=1S/C15H16O5.C15H14O5.C15H14O4.C14H16O3.C14H14O3.C14H12O3/c2*1-17-12-7-11(20-15(16)8-12)4-2-10-3-5-13-14(6-10)19-9-18-13;1-17-12-6-3-11(4-7-12)5-8-13-9-14(18-2)10-15(16)19-13;3*1-16-13-9-12(17-14(15)10-13)8-7-11-5-3-2-4-6-11/h3,5-6,8,11H,2,4,7,9H2,1H3;2-6,8,11H,7,9H2,1H3;3-10H,1-2H3;2-6,10,12H,7-9H2,1H3;2-8,10,12H,9H2,1H3;2-10H,1H3/b;4-2+;8-5+;;2*8-7+/t2*11-;;2*12-;/m00.11./s1. The van der Waals surface area contributed by atoms with Crippen LogP contribution in [0.2, 0.25) is 0 Å². The van der Waals surface area contributed by atoms with Crippen LogP contribution < -0.4 is 44.4 Å². The average molecular weight is 1500 g/mol. The molecule has 0 N–H and O–H groups in total. The molecule has 0 spiro atoms. The number of esters is 4. The molecule has 14 rings (SSSR count). The van der Waals surface area contributed by atoms with Crippen molar-refractivity contribution in [1.82, 2.24) is 0 Å². The molecule has 6 aliphatic heterocycles. The fourth-order valence-electron chi connectivity index (χ4n) is 11.0. The van der Waals surface area contributed by atoms with Crippen LogP contribution in [0.3, 0.4) is 0 Å². The van der Waals surface area contributed by atoms with Gasteiger partial charge in [0, 0.05) is 37.8 Å². The van der Waals surface area contributed by atoms with Gasteiger partial charge in [0.05, 0.1) is 86.2 Å². The molecule has 4 atom stereocenters. The average Bonchev–Trinajstić information content (AvgIpc) is 1.69. The number of rotatable bonds is 21. The summed E-state index contributed by atoms with van der Waals surface area (Å²) >= 11 is 0. The molecular weight excluding hydrogens is 1410 g/mol. The summed E-state index contributed by atoms with van der Waals surface area (Å²) in [4.78, 5) is 67.7. The van der Waals surface area contributed by atoms with Gasteiger partial charge in [0.15, 0.2) is 23.0 Å². The van der Waals surface area contributed by atoms with Crippen molar-refractivity contribution in [1.29, 1.82) is 0 Å². The maximum Gasteiger partial charge on any atom is 0.339 e. The van der Waals surface area contributed by atoms with Gasteiger partial charge in [-0.25, -0.2) is 28.8 Å². The van der Waals surface area contributed by atoms with E-state index in [4.69, 9.17) is 79.9 Å². The molecule has 23 heteroatoms. The fourth-order valence-corrected chi connectivity index (χ4v) is 11.0. The van der Waals surface area contributed by atoms with Crippen LogP contribution in [-0.4, -0.2) is 112 Å². The lowest BCUT2D eigenvalue weighted by Gasteiger charge is -2.22. The first kappa shape index (κ1) is 80.9. The van der Waals surface area contributed by atoms with Crippen molar-refractivity contribution in [2.45, 2.75) is 75.8 Å². The Labute approximate surface area is 637 Å². The third kappa shape index (κ3) is 27.3. The molecule has 2 aromatic heterocycles. The Kier molecular flexibility index (Phi) is 31.5. The number of hydrogen-bond donors (Lipinski definition) is 0. The van der Waals surface area contributed by atoms with Gasteiger partial charge in [0.1, 0.15) is 76.2 Å². The number of fused-ring (bicyclic) bond motifs is 2. The highest BCUT2D eigenvalue weighted by Gasteiger charge is 2.25. The first-order valence-corrected chi connectivity index (χ1v) is 35.0. The lowest BCUT2D eigenvalue weighted by atomic mass is 10.0. The third-order valence-corrected chi connectivity index (χ3v) is 16.7. The number of carbonyl (C=O) groups excluding carboxylic acids is 4. The van der Waals surface area contributed by atoms with Gasteiger partial charge in [-0.05, 0) is 120 Å². The summed E-state index contributed by atoms with van der Waals surface area (Å²) in [6, 6.07) is 54.9. The SMILES string of the molecule is COC1=CC(=O)O[C@@H](/C=C/c2ccc3c(c2)OCO3)C1.COC1=CC(=O)O[C@@H](CCc2ccc3c(c2)OCO3)C1.COC1=CC(=O)O[C@H](/C=C/c2ccccc2)C1.COC1=CC(=O)O[C@H](CCc2ccccc2)C1.COc1cc(/C=C/c2ccccc2)oc(=O)c1.COc1ccc(/C=C/c2cc(OC)cc(=O)o2)cc1. The molecule has 0 bridgehead atoms. The molecule has 8 heterocycles. The number of carbonyl (C=O) groups is 4. The Bertz CT molecular complexity index is 4720. The van der Waals surface area contributed by atoms with Gasteiger partial charge in [-0.2, -0.15) is 0 Å². The first-order chi connectivity index (χ1) is 53.5. The van der Waals surface area contributed by atoms with Gasteiger partial charge in [-0.1, -0.05) is 140 Å². The minimum Gasteiger partial charge on any atom is -0.501 e. The van der Waals surface area contributed by atoms with E-state index < -0.39 is 11.3 Å². The van der Waals surface area contributed by atoms with Gasteiger partial charge in [0.2, 0.25) is 13.6 Å². The minimum atomic E-state index is -0.436. The van der Waals surface area contributed by atoms with E-state index in [0.717, 1.165) is 82.2 Å². The summed E-state index contributed by atoms with van der Waals surface area (Å²) < 4.78 is 87.6. The van der Waals surface area contributed by atoms with Gasteiger partial charge in [-0.3, -0.25) is 0 Å². The molecule has 0 saturated heterocycles. The molecule has 0 unspecified atom stereocenters. The molecule has 8 aromatic rings. The van der Waals surface area contributed by atoms with Crippen LogP contribution in [-0.2, 0) is 69.9 Å². The Balaban J connectivity index is 0.000000152. The summed E-state index contributed by atoms with van der Waals surface area (Å²) in [5.41, 5.74) is 5.60. The lowest BCUT2D eigenvalue weighted by Crippen LogP contribution is -2.23. The van der Waals surface area contributed by atoms with Crippen molar-refractivity contribution in [3.05, 3.63) is 301 Å². The molecule has 110 heavy (non-hydrogen) atoms. The number of benzene rings is 6. The Hall–Kier alpha value is -13.2. The maximum absolute atomic E-state index is 11.4. The van der Waals surface area contributed by atoms with E-state index in [-0.39, 0.29) is 61.9 Å². The molecule has 0 saturated carbocycles. The molecule has 572 valence electrons. The van der Waals surface area contributed by atoms with E-state index in [2.05, 4.69) is 12.1 Å². The first-order valence-electron chi connectivity index (χ1n) is 35.0. The Morgan fingerprint density at radius 3 is 1.17 bits per heavy atom. The number of hydrogen-bond acceptors (Lipinski definition) is 23. The van der Waals surface area contributed by atoms with E-state index in [1.54, 1.807) is 59.8 Å². The summed E-state index contributed by atoms with van der Waals surface area (Å²) in [6.07, 6.45) is 25.3. The van der Waals surface area contributed by atoms with Gasteiger partial charge >= 0.3 is 35.1 Å². The fraction of sp³-hybridized carbons (Fsp3) is 0.241. The molecular formula is C87H86O23. The second-order valence-electron chi connectivity index (χ2n) is 24.4. The highest BCUT2D eigenvalue weighted by molar-refractivity contribution is 5.85. The molecule has 0 radical (unpaired) electrons. The maximum atomic E-state index is 11.4. The Morgan fingerprint density at radius 1 is 0.327 bits per heavy atom. The van der Waals surface area contributed by atoms with Crippen LogP contribution in [0.4, 0.5) is 0 Å². The quantitative estimate of drug-likeness (QED) is 0.0478. The van der Waals surface area contributed by atoms with Crippen LogP contribution in [0.15, 0.2) is 254 Å². The van der Waals surface area contributed by atoms with Crippen molar-refractivity contribution in [3.63, 3.8) is 0 Å². The predicted octanol–water partition coefficient (Wildman–Crippen LogP) is 15.1. The molecule has 6 aromatic carbocycles. The second kappa shape index (κ2) is 42.8. The van der Waals surface area contributed by atoms with E-state index in [9.17, 15) is 28.8 Å². The molecule has 0 aliphatic carbocycles. The van der Waals surface area contributed by atoms with Crippen molar-refractivity contribution in [2.24, 2.45) is 0 Å². The van der Waals surface area contributed by atoms with Crippen LogP contribution in [0.25, 0.3) is 36.5 Å². The van der Waals surface area contributed by atoms with Crippen LogP contribution in [0, 0.1) is 0 Å². The molecule has 23 nitrogen and oxygen atoms in total. The minimum absolute atomic E-state index is 0.0670. The third-order valence-electron chi connectivity index (χ3n) is 16.7.